The third-order valence-electron chi connectivity index (χ3n) is 2.60. The molecule has 0 unspecified atom stereocenters. The molecule has 0 aliphatic carbocycles. The maximum atomic E-state index is 12.4. The lowest BCUT2D eigenvalue weighted by Crippen LogP contribution is -2.15. The van der Waals surface area contributed by atoms with Crippen molar-refractivity contribution in [2.24, 2.45) is 0 Å². The first kappa shape index (κ1) is 13.3. The van der Waals surface area contributed by atoms with E-state index in [1.54, 1.807) is 23.7 Å². The standard InChI is InChI=1S/C11H9ClN4O2S2/c1-7-2-3-8(6-13-7)15-20(17,18)10-9(12)14-11-16(10)4-5-19-11/h2-6,15H,1H3. The smallest absolute Gasteiger partial charge is 0.278 e. The molecule has 0 aromatic carbocycles. The Labute approximate surface area is 124 Å². The minimum atomic E-state index is -3.82. The van der Waals surface area contributed by atoms with E-state index in [-0.39, 0.29) is 10.2 Å². The molecule has 0 radical (unpaired) electrons. The molecule has 104 valence electrons. The Kier molecular flexibility index (Phi) is 3.15. The van der Waals surface area contributed by atoms with Crippen molar-refractivity contribution in [3.05, 3.63) is 40.8 Å². The second kappa shape index (κ2) is 4.72. The number of rotatable bonds is 3. The highest BCUT2D eigenvalue weighted by Crippen LogP contribution is 2.26. The van der Waals surface area contributed by atoms with Gasteiger partial charge in [-0.2, -0.15) is 8.42 Å². The molecule has 0 amide bonds. The van der Waals surface area contributed by atoms with E-state index >= 15 is 0 Å². The highest BCUT2D eigenvalue weighted by molar-refractivity contribution is 7.92. The summed E-state index contributed by atoms with van der Waals surface area (Å²) in [6, 6.07) is 3.36. The average molecular weight is 329 g/mol. The van der Waals surface area contributed by atoms with Crippen LogP contribution in [-0.4, -0.2) is 22.8 Å². The van der Waals surface area contributed by atoms with E-state index in [0.717, 1.165) is 5.69 Å². The van der Waals surface area contributed by atoms with E-state index in [1.807, 2.05) is 6.92 Å². The summed E-state index contributed by atoms with van der Waals surface area (Å²) in [5.74, 6) is 0. The predicted octanol–water partition coefficient (Wildman–Crippen LogP) is 2.55. The van der Waals surface area contributed by atoms with Crippen LogP contribution in [0.4, 0.5) is 5.69 Å². The van der Waals surface area contributed by atoms with Gasteiger partial charge in [-0.25, -0.2) is 4.98 Å². The van der Waals surface area contributed by atoms with Gasteiger partial charge in [0.25, 0.3) is 10.0 Å². The average Bonchev–Trinajstić information content (AvgIpc) is 2.91. The first-order valence-electron chi connectivity index (χ1n) is 5.54. The summed E-state index contributed by atoms with van der Waals surface area (Å²) in [6.45, 7) is 1.82. The molecular formula is C11H9ClN4O2S2. The van der Waals surface area contributed by atoms with E-state index in [9.17, 15) is 8.42 Å². The molecule has 1 N–H and O–H groups in total. The number of anilines is 1. The number of aromatic nitrogens is 3. The van der Waals surface area contributed by atoms with Crippen LogP contribution >= 0.6 is 22.9 Å². The van der Waals surface area contributed by atoms with Crippen LogP contribution in [-0.2, 0) is 10.0 Å². The van der Waals surface area contributed by atoms with Gasteiger partial charge < -0.3 is 0 Å². The van der Waals surface area contributed by atoms with Gasteiger partial charge in [-0.3, -0.25) is 14.1 Å². The summed E-state index contributed by atoms with van der Waals surface area (Å²) >= 11 is 7.23. The lowest BCUT2D eigenvalue weighted by Gasteiger charge is -2.07. The van der Waals surface area contributed by atoms with Crippen LogP contribution in [0.2, 0.25) is 5.15 Å². The number of hydrogen-bond acceptors (Lipinski definition) is 5. The number of thiazole rings is 1. The summed E-state index contributed by atoms with van der Waals surface area (Å²) in [5, 5.41) is 1.62. The third kappa shape index (κ3) is 2.26. The summed E-state index contributed by atoms with van der Waals surface area (Å²) in [4.78, 5) is 8.57. The fourth-order valence-corrected chi connectivity index (χ4v) is 4.21. The molecule has 3 aromatic rings. The van der Waals surface area contributed by atoms with Gasteiger partial charge in [0.2, 0.25) is 0 Å². The number of imidazole rings is 1. The van der Waals surface area contributed by atoms with Gasteiger partial charge in [0.1, 0.15) is 0 Å². The molecular weight excluding hydrogens is 320 g/mol. The highest BCUT2D eigenvalue weighted by Gasteiger charge is 2.25. The lowest BCUT2D eigenvalue weighted by molar-refractivity contribution is 0.596. The van der Waals surface area contributed by atoms with Crippen LogP contribution in [0.1, 0.15) is 5.69 Å². The molecule has 0 aliphatic heterocycles. The third-order valence-corrected chi connectivity index (χ3v) is 5.13. The molecule has 0 saturated heterocycles. The molecule has 0 saturated carbocycles. The molecule has 3 aromatic heterocycles. The molecule has 0 bridgehead atoms. The van der Waals surface area contributed by atoms with Crippen molar-refractivity contribution in [2.45, 2.75) is 11.9 Å². The maximum Gasteiger partial charge on any atom is 0.281 e. The summed E-state index contributed by atoms with van der Waals surface area (Å²) in [6.07, 6.45) is 3.06. The Balaban J connectivity index is 2.05. The van der Waals surface area contributed by atoms with Crippen molar-refractivity contribution in [2.75, 3.05) is 4.72 Å². The van der Waals surface area contributed by atoms with E-state index in [0.29, 0.717) is 10.6 Å². The van der Waals surface area contributed by atoms with Crippen LogP contribution in [0.25, 0.3) is 4.96 Å². The van der Waals surface area contributed by atoms with Crippen molar-refractivity contribution in [1.29, 1.82) is 0 Å². The van der Waals surface area contributed by atoms with Gasteiger partial charge >= 0.3 is 0 Å². The summed E-state index contributed by atoms with van der Waals surface area (Å²) in [5.41, 5.74) is 1.17. The Bertz CT molecular complexity index is 868. The molecule has 6 nitrogen and oxygen atoms in total. The van der Waals surface area contributed by atoms with Crippen LogP contribution in [0, 0.1) is 6.92 Å². The lowest BCUT2D eigenvalue weighted by atomic mass is 10.4. The number of fused-ring (bicyclic) bond motifs is 1. The second-order valence-corrected chi connectivity index (χ2v) is 6.89. The van der Waals surface area contributed by atoms with Crippen LogP contribution in [0.15, 0.2) is 34.9 Å². The zero-order chi connectivity index (χ0) is 14.3. The number of nitrogens with zero attached hydrogens (tertiary/aromatic N) is 3. The van der Waals surface area contributed by atoms with Crippen molar-refractivity contribution >= 4 is 43.6 Å². The van der Waals surface area contributed by atoms with Crippen molar-refractivity contribution in [3.63, 3.8) is 0 Å². The Morgan fingerprint density at radius 1 is 1.40 bits per heavy atom. The molecule has 0 spiro atoms. The van der Waals surface area contributed by atoms with Crippen molar-refractivity contribution < 1.29 is 8.42 Å². The predicted molar refractivity (Wildman–Crippen MR) is 77.9 cm³/mol. The van der Waals surface area contributed by atoms with E-state index in [4.69, 9.17) is 11.6 Å². The monoisotopic (exact) mass is 328 g/mol. The van der Waals surface area contributed by atoms with Crippen LogP contribution in [0.3, 0.4) is 0 Å². The topological polar surface area (TPSA) is 76.4 Å². The Morgan fingerprint density at radius 2 is 2.20 bits per heavy atom. The first-order chi connectivity index (χ1) is 9.47. The van der Waals surface area contributed by atoms with Gasteiger partial charge in [-0.15, -0.1) is 11.3 Å². The SMILES string of the molecule is Cc1ccc(NS(=O)(=O)c2c(Cl)nc3sccn23)cn1. The van der Waals surface area contributed by atoms with Crippen molar-refractivity contribution in [1.82, 2.24) is 14.4 Å². The zero-order valence-electron chi connectivity index (χ0n) is 10.2. The molecule has 3 rings (SSSR count). The largest absolute Gasteiger partial charge is 0.281 e. The van der Waals surface area contributed by atoms with Gasteiger partial charge in [-0.05, 0) is 19.1 Å². The number of aryl methyl sites for hydroxylation is 1. The van der Waals surface area contributed by atoms with Gasteiger partial charge in [0, 0.05) is 17.3 Å². The molecule has 0 fully saturated rings. The molecule has 0 atom stereocenters. The minimum Gasteiger partial charge on any atom is -0.278 e. The van der Waals surface area contributed by atoms with E-state index < -0.39 is 10.0 Å². The molecule has 9 heteroatoms. The fraction of sp³-hybridized carbons (Fsp3) is 0.0909. The zero-order valence-corrected chi connectivity index (χ0v) is 12.6. The molecule has 3 heterocycles. The molecule has 0 aliphatic rings. The summed E-state index contributed by atoms with van der Waals surface area (Å²) in [7, 11) is -3.82. The van der Waals surface area contributed by atoms with Crippen LogP contribution < -0.4 is 4.72 Å². The van der Waals surface area contributed by atoms with Gasteiger partial charge in [0.15, 0.2) is 15.1 Å². The first-order valence-corrected chi connectivity index (χ1v) is 8.28. The number of nitrogens with one attached hydrogen (secondary N) is 1. The minimum absolute atomic E-state index is 0.0515. The molecule has 20 heavy (non-hydrogen) atoms. The quantitative estimate of drug-likeness (QED) is 0.801. The van der Waals surface area contributed by atoms with Crippen molar-refractivity contribution in [3.8, 4) is 0 Å². The fourth-order valence-electron chi connectivity index (χ4n) is 1.71. The van der Waals surface area contributed by atoms with Gasteiger partial charge in [-0.1, -0.05) is 11.6 Å². The maximum absolute atomic E-state index is 12.4. The van der Waals surface area contributed by atoms with E-state index in [1.165, 1.54) is 21.9 Å². The normalized spacial score (nSPS) is 11.9. The number of pyridine rings is 1. The number of sulfonamides is 1. The Morgan fingerprint density at radius 3 is 2.90 bits per heavy atom. The number of halogens is 1. The Hall–Kier alpha value is -1.64. The number of hydrogen-bond donors (Lipinski definition) is 1. The summed E-state index contributed by atoms with van der Waals surface area (Å²) < 4.78 is 28.7. The van der Waals surface area contributed by atoms with Crippen LogP contribution in [0.5, 0.6) is 0 Å². The van der Waals surface area contributed by atoms with Gasteiger partial charge in [0.05, 0.1) is 11.9 Å². The van der Waals surface area contributed by atoms with E-state index in [2.05, 4.69) is 14.7 Å². The second-order valence-electron chi connectivity index (χ2n) is 4.06. The highest BCUT2D eigenvalue weighted by atomic mass is 35.5.